The van der Waals surface area contributed by atoms with Gasteiger partial charge >= 0.3 is 0 Å². The van der Waals surface area contributed by atoms with E-state index < -0.39 is 36.2 Å². The van der Waals surface area contributed by atoms with Crippen LogP contribution in [0.4, 0.5) is 5.82 Å². The third-order valence-electron chi connectivity index (χ3n) is 5.90. The summed E-state index contributed by atoms with van der Waals surface area (Å²) in [6.07, 6.45) is 2.27. The maximum Gasteiger partial charge on any atom is 0.239 e. The van der Waals surface area contributed by atoms with Crippen LogP contribution in [0.25, 0.3) is 22.4 Å². The molecule has 2 aromatic heterocycles. The van der Waals surface area contributed by atoms with Crippen LogP contribution in [-0.2, 0) is 19.9 Å². The first-order chi connectivity index (χ1) is 16.7. The highest BCUT2D eigenvalue weighted by atomic mass is 32.2. The highest BCUT2D eigenvalue weighted by Crippen LogP contribution is 2.39. The van der Waals surface area contributed by atoms with E-state index in [1.54, 1.807) is 42.7 Å². The van der Waals surface area contributed by atoms with Gasteiger partial charge in [-0.1, -0.05) is 6.07 Å². The zero-order chi connectivity index (χ0) is 24.8. The van der Waals surface area contributed by atoms with Gasteiger partial charge in [-0.25, -0.2) is 37.8 Å². The molecule has 0 bridgehead atoms. The van der Waals surface area contributed by atoms with Crippen LogP contribution in [0.1, 0.15) is 11.7 Å². The van der Waals surface area contributed by atoms with Crippen molar-refractivity contribution in [2.45, 2.75) is 21.2 Å². The summed E-state index contributed by atoms with van der Waals surface area (Å²) >= 11 is 0. The van der Waals surface area contributed by atoms with Gasteiger partial charge in [0.2, 0.25) is 10.0 Å². The number of sulfonamides is 1. The second-order valence-corrected chi connectivity index (χ2v) is 11.8. The van der Waals surface area contributed by atoms with Crippen molar-refractivity contribution in [2.75, 3.05) is 18.8 Å². The van der Waals surface area contributed by atoms with Gasteiger partial charge in [0.05, 0.1) is 15.8 Å². The number of hydrogen-bond acceptors (Lipinski definition) is 12. The molecule has 0 amide bonds. The lowest BCUT2D eigenvalue weighted by Gasteiger charge is -2.29. The highest BCUT2D eigenvalue weighted by molar-refractivity contribution is 7.94. The zero-order valence-electron chi connectivity index (χ0n) is 18.2. The molecule has 5 rings (SSSR count). The third kappa shape index (κ3) is 4.28. The molecular formula is C20H23N9O4S2. The first-order valence-electron chi connectivity index (χ1n) is 10.5. The van der Waals surface area contributed by atoms with Gasteiger partial charge in [-0.3, -0.25) is 4.98 Å². The Balaban J connectivity index is 1.77. The standard InChI is InChI=1S/C20H23N9O4S2/c21-19-14(2-1-6-25-19)15-8-11(5-7-24-15)13-3-4-16(34(30,31)12-9-23-10-12)18(35(22,32)33)17(13)20-26-28-29-27-20/h1-8,12,20,23,26-29H,9-10H2,(H2,21,25)(H2,22,32,33). The second-order valence-electron chi connectivity index (χ2n) is 8.06. The molecule has 0 unspecified atom stereocenters. The molecule has 2 aliphatic rings. The van der Waals surface area contributed by atoms with Crippen molar-refractivity contribution in [1.82, 2.24) is 37.2 Å². The van der Waals surface area contributed by atoms with E-state index in [9.17, 15) is 16.8 Å². The normalized spacial score (nSPS) is 17.4. The number of primary sulfonamides is 1. The molecule has 3 aromatic rings. The highest BCUT2D eigenvalue weighted by Gasteiger charge is 2.39. The summed E-state index contributed by atoms with van der Waals surface area (Å²) in [5.74, 6) is 0.283. The molecule has 184 valence electrons. The predicted octanol–water partition coefficient (Wildman–Crippen LogP) is -1.10. The van der Waals surface area contributed by atoms with Crippen molar-refractivity contribution in [2.24, 2.45) is 5.14 Å². The van der Waals surface area contributed by atoms with E-state index >= 15 is 0 Å². The van der Waals surface area contributed by atoms with Crippen LogP contribution in [0, 0.1) is 0 Å². The van der Waals surface area contributed by atoms with Gasteiger partial charge in [0.15, 0.2) is 9.84 Å². The van der Waals surface area contributed by atoms with Crippen LogP contribution in [0.3, 0.4) is 0 Å². The maximum absolute atomic E-state index is 13.3. The summed E-state index contributed by atoms with van der Waals surface area (Å²) < 4.78 is 52.4. The molecule has 2 fully saturated rings. The Kier molecular flexibility index (Phi) is 6.02. The zero-order valence-corrected chi connectivity index (χ0v) is 19.8. The van der Waals surface area contributed by atoms with Gasteiger partial charge in [-0.15, -0.1) is 0 Å². The van der Waals surface area contributed by atoms with Crippen LogP contribution >= 0.6 is 0 Å². The van der Waals surface area contributed by atoms with Crippen molar-refractivity contribution in [3.63, 3.8) is 0 Å². The van der Waals surface area contributed by atoms with Crippen LogP contribution < -0.4 is 38.1 Å². The van der Waals surface area contributed by atoms with Gasteiger partial charge in [-0.2, -0.15) is 11.1 Å². The number of nitrogen functional groups attached to an aromatic ring is 1. The molecule has 4 heterocycles. The molecule has 15 heteroatoms. The average Bonchev–Trinajstić information content (AvgIpc) is 3.31. The molecule has 0 atom stereocenters. The Hall–Kier alpha value is -3.02. The predicted molar refractivity (Wildman–Crippen MR) is 128 cm³/mol. The summed E-state index contributed by atoms with van der Waals surface area (Å²) in [6.45, 7) is 0.458. The fourth-order valence-electron chi connectivity index (χ4n) is 4.07. The number of aromatic nitrogens is 2. The van der Waals surface area contributed by atoms with Crippen LogP contribution in [-0.4, -0.2) is 45.1 Å². The Morgan fingerprint density at radius 2 is 1.66 bits per heavy atom. The lowest BCUT2D eigenvalue weighted by molar-refractivity contribution is 0.491. The molecule has 0 saturated carbocycles. The smallest absolute Gasteiger partial charge is 0.239 e. The van der Waals surface area contributed by atoms with E-state index in [0.717, 1.165) is 0 Å². The number of pyridine rings is 2. The van der Waals surface area contributed by atoms with E-state index in [1.807, 2.05) is 0 Å². The minimum absolute atomic E-state index is 0.134. The molecule has 35 heavy (non-hydrogen) atoms. The molecule has 0 radical (unpaired) electrons. The van der Waals surface area contributed by atoms with E-state index in [0.29, 0.717) is 22.4 Å². The number of hydrazine groups is 3. The van der Waals surface area contributed by atoms with E-state index in [2.05, 4.69) is 37.2 Å². The number of benzene rings is 1. The van der Waals surface area contributed by atoms with Crippen LogP contribution in [0.15, 0.2) is 58.6 Å². The van der Waals surface area contributed by atoms with Crippen LogP contribution in [0.2, 0.25) is 0 Å². The Labute approximate surface area is 201 Å². The average molecular weight is 518 g/mol. The maximum atomic E-state index is 13.3. The van der Waals surface area contributed by atoms with E-state index in [-0.39, 0.29) is 29.4 Å². The Bertz CT molecular complexity index is 1500. The third-order valence-corrected chi connectivity index (χ3v) is 9.21. The molecule has 9 N–H and O–H groups in total. The first kappa shape index (κ1) is 23.7. The first-order valence-corrected chi connectivity index (χ1v) is 13.6. The molecule has 0 spiro atoms. The topological polar surface area (TPSA) is 206 Å². The lowest BCUT2D eigenvalue weighted by atomic mass is 9.97. The van der Waals surface area contributed by atoms with Gasteiger partial charge in [0, 0.05) is 36.6 Å². The molecule has 0 aliphatic carbocycles. The fraction of sp³-hybridized carbons (Fsp3) is 0.200. The van der Waals surface area contributed by atoms with E-state index in [1.165, 1.54) is 6.07 Å². The quantitative estimate of drug-likeness (QED) is 0.208. The lowest BCUT2D eigenvalue weighted by Crippen LogP contribution is -2.51. The van der Waals surface area contributed by atoms with Gasteiger partial charge < -0.3 is 11.1 Å². The van der Waals surface area contributed by atoms with E-state index in [4.69, 9.17) is 10.9 Å². The SMILES string of the molecule is Nc1ncccc1-c1cc(-c2ccc(S(=O)(=O)C3CNC3)c(S(N)(=O)=O)c2C2NNNN2)ccn1. The molecular weight excluding hydrogens is 494 g/mol. The molecule has 13 nitrogen and oxygen atoms in total. The largest absolute Gasteiger partial charge is 0.383 e. The molecule has 2 saturated heterocycles. The molecule has 2 aliphatic heterocycles. The monoisotopic (exact) mass is 517 g/mol. The minimum atomic E-state index is -4.48. The van der Waals surface area contributed by atoms with Gasteiger partial charge in [-0.05, 0) is 41.5 Å². The van der Waals surface area contributed by atoms with Crippen molar-refractivity contribution in [3.05, 3.63) is 54.4 Å². The van der Waals surface area contributed by atoms with Gasteiger partial charge in [0.1, 0.15) is 16.9 Å². The molecule has 1 aromatic carbocycles. The Morgan fingerprint density at radius 3 is 2.29 bits per heavy atom. The summed E-state index contributed by atoms with van der Waals surface area (Å²) in [7, 11) is -8.46. The van der Waals surface area contributed by atoms with Crippen molar-refractivity contribution in [3.8, 4) is 22.4 Å². The van der Waals surface area contributed by atoms with Crippen molar-refractivity contribution < 1.29 is 16.8 Å². The fourth-order valence-corrected chi connectivity index (χ4v) is 7.31. The van der Waals surface area contributed by atoms with Crippen molar-refractivity contribution in [1.29, 1.82) is 0 Å². The number of nitrogens with zero attached hydrogens (tertiary/aromatic N) is 2. The van der Waals surface area contributed by atoms with Gasteiger partial charge in [0.25, 0.3) is 0 Å². The number of nitrogens with one attached hydrogen (secondary N) is 5. The summed E-state index contributed by atoms with van der Waals surface area (Å²) in [5, 5.41) is 7.78. The number of anilines is 1. The number of sulfone groups is 1. The summed E-state index contributed by atoms with van der Waals surface area (Å²) in [6, 6.07) is 9.75. The van der Waals surface area contributed by atoms with Crippen molar-refractivity contribution >= 4 is 25.7 Å². The summed E-state index contributed by atoms with van der Waals surface area (Å²) in [5.41, 5.74) is 19.2. The second kappa shape index (κ2) is 8.89. The number of hydrogen-bond donors (Lipinski definition) is 7. The summed E-state index contributed by atoms with van der Waals surface area (Å²) in [4.78, 5) is 7.64. The number of rotatable bonds is 6. The minimum Gasteiger partial charge on any atom is -0.383 e. The Morgan fingerprint density at radius 1 is 0.914 bits per heavy atom. The van der Waals surface area contributed by atoms with Crippen LogP contribution in [0.5, 0.6) is 0 Å². The number of nitrogens with two attached hydrogens (primary N) is 2.